The van der Waals surface area contributed by atoms with Crippen LogP contribution in [0.2, 0.25) is 0 Å². The highest BCUT2D eigenvalue weighted by atomic mass is 16.5. The van der Waals surface area contributed by atoms with Crippen molar-refractivity contribution in [3.8, 4) is 5.75 Å². The molecule has 8 nitrogen and oxygen atoms in total. The minimum absolute atomic E-state index is 0.154. The van der Waals surface area contributed by atoms with Crippen molar-refractivity contribution in [3.63, 3.8) is 0 Å². The molecule has 0 spiro atoms. The van der Waals surface area contributed by atoms with Gasteiger partial charge in [0.15, 0.2) is 6.61 Å². The number of aliphatic carboxylic acids is 1. The fourth-order valence-corrected chi connectivity index (χ4v) is 1.75. The molecule has 8 heteroatoms. The van der Waals surface area contributed by atoms with Gasteiger partial charge in [-0.3, -0.25) is 4.79 Å². The summed E-state index contributed by atoms with van der Waals surface area (Å²) in [5, 5.41) is 15.2. The minimum atomic E-state index is -1.35. The van der Waals surface area contributed by atoms with Crippen LogP contribution in [0, 0.1) is 0 Å². The van der Waals surface area contributed by atoms with E-state index in [1.54, 1.807) is 24.3 Å². The number of hydrogen-bond acceptors (Lipinski definition) is 6. The van der Waals surface area contributed by atoms with Gasteiger partial charge in [0.2, 0.25) is 11.7 Å². The van der Waals surface area contributed by atoms with Crippen LogP contribution >= 0.6 is 0 Å². The van der Waals surface area contributed by atoms with E-state index in [1.165, 1.54) is 13.8 Å². The number of carbonyl (C=O) groups excluding carboxylic acids is 1. The third-order valence-electron chi connectivity index (χ3n) is 3.26. The van der Waals surface area contributed by atoms with Crippen molar-refractivity contribution < 1.29 is 24.0 Å². The van der Waals surface area contributed by atoms with Gasteiger partial charge in [0, 0.05) is 12.0 Å². The highest BCUT2D eigenvalue weighted by Gasteiger charge is 2.29. The first-order chi connectivity index (χ1) is 11.3. The van der Waals surface area contributed by atoms with Gasteiger partial charge in [-0.1, -0.05) is 12.1 Å². The van der Waals surface area contributed by atoms with Gasteiger partial charge in [-0.15, -0.1) is 0 Å². The third-order valence-corrected chi connectivity index (χ3v) is 3.26. The minimum Gasteiger partial charge on any atom is -0.485 e. The van der Waals surface area contributed by atoms with E-state index < -0.39 is 17.4 Å². The molecule has 128 valence electrons. The second-order valence-corrected chi connectivity index (χ2v) is 5.66. The van der Waals surface area contributed by atoms with Crippen LogP contribution in [0.4, 0.5) is 0 Å². The quantitative estimate of drug-likeness (QED) is 0.794. The molecule has 0 fully saturated rings. The summed E-state index contributed by atoms with van der Waals surface area (Å²) in [6, 6.07) is 6.33. The Kier molecular flexibility index (Phi) is 5.18. The van der Waals surface area contributed by atoms with E-state index in [0.29, 0.717) is 29.4 Å². The van der Waals surface area contributed by atoms with Crippen molar-refractivity contribution in [1.82, 2.24) is 15.5 Å². The molecule has 0 saturated heterocycles. The summed E-state index contributed by atoms with van der Waals surface area (Å²) in [5.41, 5.74) is -1.01. The fourth-order valence-electron chi connectivity index (χ4n) is 1.75. The Labute approximate surface area is 138 Å². The first kappa shape index (κ1) is 17.5. The second-order valence-electron chi connectivity index (χ2n) is 5.66. The number of nitrogens with one attached hydrogen (secondary N) is 1. The summed E-state index contributed by atoms with van der Waals surface area (Å²) >= 11 is 0. The van der Waals surface area contributed by atoms with Gasteiger partial charge in [0.05, 0.1) is 0 Å². The van der Waals surface area contributed by atoms with Crippen LogP contribution in [-0.2, 0) is 17.8 Å². The maximum absolute atomic E-state index is 12.0. The Hall–Kier alpha value is -2.90. The van der Waals surface area contributed by atoms with Crippen molar-refractivity contribution in [2.75, 3.05) is 0 Å². The van der Waals surface area contributed by atoms with Crippen LogP contribution < -0.4 is 10.1 Å². The Bertz CT molecular complexity index is 722. The molecule has 1 aromatic heterocycles. The lowest BCUT2D eigenvalue weighted by Gasteiger charge is -2.20. The summed E-state index contributed by atoms with van der Waals surface area (Å²) in [5.74, 6) is -0.0625. The zero-order chi connectivity index (χ0) is 17.7. The molecule has 2 rings (SSSR count). The normalized spacial score (nSPS) is 11.1. The first-order valence-corrected chi connectivity index (χ1v) is 7.42. The van der Waals surface area contributed by atoms with Gasteiger partial charge in [-0.2, -0.15) is 4.98 Å². The molecular weight excluding hydrogens is 314 g/mol. The number of carboxylic acid groups (broad SMARTS) is 1. The van der Waals surface area contributed by atoms with Crippen molar-refractivity contribution in [1.29, 1.82) is 0 Å². The highest BCUT2D eigenvalue weighted by Crippen LogP contribution is 2.14. The number of ether oxygens (including phenoxy) is 1. The van der Waals surface area contributed by atoms with Gasteiger partial charge < -0.3 is 19.7 Å². The fraction of sp³-hybridized carbons (Fsp3) is 0.375. The number of amides is 1. The molecule has 0 aliphatic heterocycles. The summed E-state index contributed by atoms with van der Waals surface area (Å²) < 4.78 is 10.5. The van der Waals surface area contributed by atoms with Gasteiger partial charge in [-0.05, 0) is 38.1 Å². The van der Waals surface area contributed by atoms with E-state index in [2.05, 4.69) is 15.5 Å². The molecule has 2 aromatic rings. The molecule has 24 heavy (non-hydrogen) atoms. The number of nitrogens with zero attached hydrogens (tertiary/aromatic N) is 2. The predicted molar refractivity (Wildman–Crippen MR) is 83.6 cm³/mol. The van der Waals surface area contributed by atoms with Gasteiger partial charge in [-0.25, -0.2) is 4.79 Å². The molecular formula is C16H19N3O5. The van der Waals surface area contributed by atoms with Crippen LogP contribution in [0.15, 0.2) is 28.8 Å². The van der Waals surface area contributed by atoms with E-state index in [4.69, 9.17) is 14.4 Å². The van der Waals surface area contributed by atoms with Crippen molar-refractivity contribution in [2.24, 2.45) is 0 Å². The van der Waals surface area contributed by atoms with Crippen LogP contribution in [0.1, 0.15) is 42.8 Å². The molecule has 0 radical (unpaired) electrons. The van der Waals surface area contributed by atoms with E-state index in [0.717, 1.165) is 0 Å². The standard InChI is InChI=1S/C16H19N3O5/c1-4-13-17-12(19-24-13)9-23-11-7-5-10(6-8-11)14(20)18-16(2,3)15(21)22/h5-8H,4,9H2,1-3H3,(H,18,20)(H,21,22). The SMILES string of the molecule is CCc1nc(COc2ccc(C(=O)NC(C)(C)C(=O)O)cc2)no1. The largest absolute Gasteiger partial charge is 0.485 e. The van der Waals surface area contributed by atoms with Crippen LogP contribution in [0.25, 0.3) is 0 Å². The first-order valence-electron chi connectivity index (χ1n) is 7.42. The number of benzene rings is 1. The molecule has 2 N–H and O–H groups in total. The topological polar surface area (TPSA) is 115 Å². The average Bonchev–Trinajstić information content (AvgIpc) is 3.01. The van der Waals surface area contributed by atoms with Crippen molar-refractivity contribution >= 4 is 11.9 Å². The van der Waals surface area contributed by atoms with Crippen molar-refractivity contribution in [3.05, 3.63) is 41.5 Å². The van der Waals surface area contributed by atoms with E-state index in [-0.39, 0.29) is 6.61 Å². The second kappa shape index (κ2) is 7.12. The van der Waals surface area contributed by atoms with Crippen LogP contribution in [0.5, 0.6) is 5.75 Å². The molecule has 1 amide bonds. The maximum atomic E-state index is 12.0. The molecule has 0 atom stereocenters. The number of rotatable bonds is 7. The Morgan fingerprint density at radius 1 is 1.29 bits per heavy atom. The summed E-state index contributed by atoms with van der Waals surface area (Å²) in [6.45, 7) is 4.90. The van der Waals surface area contributed by atoms with E-state index in [1.807, 2.05) is 6.92 Å². The zero-order valence-electron chi connectivity index (χ0n) is 13.7. The molecule has 0 saturated carbocycles. The third kappa shape index (κ3) is 4.31. The zero-order valence-corrected chi connectivity index (χ0v) is 13.7. The number of hydrogen-bond donors (Lipinski definition) is 2. The van der Waals surface area contributed by atoms with Crippen LogP contribution in [-0.4, -0.2) is 32.7 Å². The Morgan fingerprint density at radius 2 is 1.96 bits per heavy atom. The van der Waals surface area contributed by atoms with Crippen LogP contribution in [0.3, 0.4) is 0 Å². The molecule has 0 aliphatic rings. The lowest BCUT2D eigenvalue weighted by atomic mass is 10.1. The maximum Gasteiger partial charge on any atom is 0.328 e. The lowest BCUT2D eigenvalue weighted by Crippen LogP contribution is -2.49. The average molecular weight is 333 g/mol. The number of carboxylic acids is 1. The summed E-state index contributed by atoms with van der Waals surface area (Å²) in [4.78, 5) is 27.2. The smallest absolute Gasteiger partial charge is 0.328 e. The predicted octanol–water partition coefficient (Wildman–Crippen LogP) is 1.80. The highest BCUT2D eigenvalue weighted by molar-refractivity contribution is 5.97. The molecule has 0 aliphatic carbocycles. The summed E-state index contributed by atoms with van der Waals surface area (Å²) in [6.07, 6.45) is 0.656. The lowest BCUT2D eigenvalue weighted by molar-refractivity contribution is -0.143. The number of aryl methyl sites for hydroxylation is 1. The van der Waals surface area contributed by atoms with Crippen molar-refractivity contribution in [2.45, 2.75) is 39.3 Å². The Balaban J connectivity index is 1.95. The van der Waals surface area contributed by atoms with Gasteiger partial charge >= 0.3 is 5.97 Å². The summed E-state index contributed by atoms with van der Waals surface area (Å²) in [7, 11) is 0. The van der Waals surface area contributed by atoms with Gasteiger partial charge in [0.25, 0.3) is 5.91 Å². The molecule has 1 aromatic carbocycles. The van der Waals surface area contributed by atoms with E-state index in [9.17, 15) is 9.59 Å². The van der Waals surface area contributed by atoms with Gasteiger partial charge in [0.1, 0.15) is 11.3 Å². The monoisotopic (exact) mass is 333 g/mol. The Morgan fingerprint density at radius 3 is 2.50 bits per heavy atom. The number of carbonyl (C=O) groups is 2. The van der Waals surface area contributed by atoms with E-state index >= 15 is 0 Å². The molecule has 1 heterocycles. The molecule has 0 unspecified atom stereocenters. The number of aromatic nitrogens is 2. The molecule has 0 bridgehead atoms.